The van der Waals surface area contributed by atoms with Crippen molar-refractivity contribution in [2.75, 3.05) is 0 Å². The molecule has 0 amide bonds. The van der Waals surface area contributed by atoms with E-state index < -0.39 is 0 Å². The van der Waals surface area contributed by atoms with Crippen molar-refractivity contribution in [1.82, 2.24) is 0 Å². The first-order valence-corrected chi connectivity index (χ1v) is 24.2. The quantitative estimate of drug-likeness (QED) is 0.133. The Morgan fingerprint density at radius 2 is 0.429 bits per heavy atom. The minimum Gasteiger partial charge on any atom is -0.0622 e. The molecule has 0 heteroatoms. The van der Waals surface area contributed by atoms with Gasteiger partial charge in [-0.3, -0.25) is 0 Å². The number of benzene rings is 13. The van der Waals surface area contributed by atoms with E-state index in [9.17, 15) is 0 Å². The van der Waals surface area contributed by atoms with Gasteiger partial charge in [-0.05, 0) is 144 Å². The van der Waals surface area contributed by atoms with Crippen molar-refractivity contribution in [3.05, 3.63) is 279 Å². The lowest BCUT2D eigenvalue weighted by atomic mass is 9.85. The second-order valence-electron chi connectivity index (χ2n) is 18.3. The molecule has 13 aromatic rings. The summed E-state index contributed by atoms with van der Waals surface area (Å²) < 4.78 is 0. The van der Waals surface area contributed by atoms with Gasteiger partial charge in [0.1, 0.15) is 0 Å². The highest BCUT2D eigenvalue weighted by Crippen LogP contribution is 2.46. The van der Waals surface area contributed by atoms with Gasteiger partial charge in [-0.15, -0.1) is 0 Å². The summed E-state index contributed by atoms with van der Waals surface area (Å²) in [6.45, 7) is 0. The Balaban J connectivity index is 0.857. The minimum absolute atomic E-state index is 1.19. The molecule has 0 aliphatic heterocycles. The third-order valence-electron chi connectivity index (χ3n) is 14.3. The van der Waals surface area contributed by atoms with Crippen molar-refractivity contribution in [3.8, 4) is 89.0 Å². The molecule has 0 saturated heterocycles. The molecule has 13 aromatic carbocycles. The molecule has 326 valence electrons. The van der Waals surface area contributed by atoms with Crippen molar-refractivity contribution in [3.63, 3.8) is 0 Å². The van der Waals surface area contributed by atoms with E-state index in [1.807, 2.05) is 0 Å². The molecule has 0 unspecified atom stereocenters. The molecule has 0 bridgehead atoms. The first-order valence-electron chi connectivity index (χ1n) is 24.2. The predicted molar refractivity (Wildman–Crippen MR) is 300 cm³/mol. The van der Waals surface area contributed by atoms with Crippen molar-refractivity contribution in [1.29, 1.82) is 0 Å². The van der Waals surface area contributed by atoms with Gasteiger partial charge >= 0.3 is 0 Å². The van der Waals surface area contributed by atoms with E-state index in [4.69, 9.17) is 0 Å². The van der Waals surface area contributed by atoms with E-state index in [0.29, 0.717) is 0 Å². The normalized spacial score (nSPS) is 11.4. The summed E-state index contributed by atoms with van der Waals surface area (Å²) in [7, 11) is 0. The van der Waals surface area contributed by atoms with Gasteiger partial charge < -0.3 is 0 Å². The predicted octanol–water partition coefficient (Wildman–Crippen LogP) is 19.6. The molecule has 0 aliphatic rings. The van der Waals surface area contributed by atoms with Crippen LogP contribution in [-0.2, 0) is 0 Å². The van der Waals surface area contributed by atoms with Gasteiger partial charge in [0.2, 0.25) is 0 Å². The maximum absolute atomic E-state index is 2.35. The summed E-state index contributed by atoms with van der Waals surface area (Å²) in [5.41, 5.74) is 19.6. The lowest BCUT2D eigenvalue weighted by molar-refractivity contribution is 1.58. The van der Waals surface area contributed by atoms with Gasteiger partial charge in [0.05, 0.1) is 0 Å². The Morgan fingerprint density at radius 1 is 0.143 bits per heavy atom. The summed E-state index contributed by atoms with van der Waals surface area (Å²) >= 11 is 0. The number of rotatable bonds is 8. The lowest BCUT2D eigenvalue weighted by Gasteiger charge is -2.18. The van der Waals surface area contributed by atoms with Crippen LogP contribution in [0.3, 0.4) is 0 Å². The molecule has 70 heavy (non-hydrogen) atoms. The molecule has 13 rings (SSSR count). The first-order chi connectivity index (χ1) is 34.7. The van der Waals surface area contributed by atoms with Crippen LogP contribution in [0, 0.1) is 0 Å². The summed E-state index contributed by atoms with van der Waals surface area (Å²) in [6.07, 6.45) is 0. The van der Waals surface area contributed by atoms with Crippen LogP contribution in [0.5, 0.6) is 0 Å². The summed E-state index contributed by atoms with van der Waals surface area (Å²) in [6, 6.07) is 102. The molecular formula is C70H46. The smallest absolute Gasteiger partial charge is 0.00264 e. The van der Waals surface area contributed by atoms with E-state index in [0.717, 1.165) is 0 Å². The molecule has 0 radical (unpaired) electrons. The molecule has 0 atom stereocenters. The number of hydrogen-bond donors (Lipinski definition) is 0. The fraction of sp³-hybridized carbons (Fsp3) is 0. The lowest BCUT2D eigenvalue weighted by Crippen LogP contribution is -1.91. The van der Waals surface area contributed by atoms with Crippen molar-refractivity contribution < 1.29 is 0 Å². The molecule has 0 aromatic heterocycles. The van der Waals surface area contributed by atoms with Crippen LogP contribution in [0.25, 0.3) is 132 Å². The van der Waals surface area contributed by atoms with Gasteiger partial charge in [0.15, 0.2) is 0 Å². The standard InChI is InChI=1S/C70H46/c1-3-19-51(20-4-1)67-59-27-9-7-17-49(59)41-43-61(67)57-25-15-23-55(45-57)47-33-37-53(38-34-47)69-63-29-11-13-31-65(63)70(66-32-14-12-30-64(66)69)54-39-35-48(36-40-54)56-24-16-26-58(46-56)62-44-42-50-18-8-10-28-60(50)68(62)52-21-5-2-6-22-52/h1-46H. The Morgan fingerprint density at radius 3 is 0.814 bits per heavy atom. The average Bonchev–Trinajstić information content (AvgIpc) is 3.44. The average molecular weight is 887 g/mol. The molecular weight excluding hydrogens is 841 g/mol. The van der Waals surface area contributed by atoms with Gasteiger partial charge in [-0.1, -0.05) is 267 Å². The van der Waals surface area contributed by atoms with E-state index in [-0.39, 0.29) is 0 Å². The van der Waals surface area contributed by atoms with Gasteiger partial charge in [-0.2, -0.15) is 0 Å². The molecule has 0 aliphatic carbocycles. The van der Waals surface area contributed by atoms with Crippen LogP contribution in [0.15, 0.2) is 279 Å². The minimum atomic E-state index is 1.19. The van der Waals surface area contributed by atoms with Gasteiger partial charge in [0, 0.05) is 0 Å². The summed E-state index contributed by atoms with van der Waals surface area (Å²) in [5.74, 6) is 0. The zero-order chi connectivity index (χ0) is 46.4. The largest absolute Gasteiger partial charge is 0.0622 e. The Kier molecular flexibility index (Phi) is 10.3. The number of hydrogen-bond acceptors (Lipinski definition) is 0. The van der Waals surface area contributed by atoms with Crippen LogP contribution >= 0.6 is 0 Å². The van der Waals surface area contributed by atoms with E-state index in [1.54, 1.807) is 0 Å². The monoisotopic (exact) mass is 886 g/mol. The summed E-state index contributed by atoms with van der Waals surface area (Å²) in [5, 5.41) is 10.0. The molecule has 0 nitrogen and oxygen atoms in total. The molecule has 0 spiro atoms. The van der Waals surface area contributed by atoms with Crippen molar-refractivity contribution in [2.45, 2.75) is 0 Å². The third-order valence-corrected chi connectivity index (χ3v) is 14.3. The second kappa shape index (κ2) is 17.5. The maximum atomic E-state index is 2.35. The molecule has 0 fully saturated rings. The second-order valence-corrected chi connectivity index (χ2v) is 18.3. The SMILES string of the molecule is c1ccc(-c2c(-c3cccc(-c4ccc(-c5c6ccccc6c(-c6ccc(-c7cccc(-c8ccc9ccccc9c8-c8ccccc8)c7)cc6)c6ccccc56)cc4)c3)ccc3ccccc23)cc1. The van der Waals surface area contributed by atoms with Crippen LogP contribution < -0.4 is 0 Å². The van der Waals surface area contributed by atoms with Gasteiger partial charge in [0.25, 0.3) is 0 Å². The maximum Gasteiger partial charge on any atom is -0.00264 e. The molecule has 0 heterocycles. The number of fused-ring (bicyclic) bond motifs is 4. The zero-order valence-electron chi connectivity index (χ0n) is 38.6. The fourth-order valence-electron chi connectivity index (χ4n) is 11.0. The summed E-state index contributed by atoms with van der Waals surface area (Å²) in [4.78, 5) is 0. The van der Waals surface area contributed by atoms with Crippen LogP contribution in [0.2, 0.25) is 0 Å². The Labute approximate surface area is 409 Å². The highest BCUT2D eigenvalue weighted by molar-refractivity contribution is 6.21. The van der Waals surface area contributed by atoms with Crippen LogP contribution in [0.4, 0.5) is 0 Å². The van der Waals surface area contributed by atoms with Crippen molar-refractivity contribution >= 4 is 43.1 Å². The molecule has 0 N–H and O–H groups in total. The fourth-order valence-corrected chi connectivity index (χ4v) is 11.0. The Hall–Kier alpha value is -9.10. The van der Waals surface area contributed by atoms with Gasteiger partial charge in [-0.25, -0.2) is 0 Å². The highest BCUT2D eigenvalue weighted by atomic mass is 14.2. The first kappa shape index (κ1) is 41.1. The van der Waals surface area contributed by atoms with Crippen LogP contribution in [0.1, 0.15) is 0 Å². The third kappa shape index (κ3) is 7.26. The zero-order valence-corrected chi connectivity index (χ0v) is 38.6. The van der Waals surface area contributed by atoms with Crippen LogP contribution in [-0.4, -0.2) is 0 Å². The van der Waals surface area contributed by atoms with E-state index in [1.165, 1.54) is 132 Å². The Bertz CT molecular complexity index is 3740. The topological polar surface area (TPSA) is 0 Å². The highest BCUT2D eigenvalue weighted by Gasteiger charge is 2.19. The van der Waals surface area contributed by atoms with Crippen molar-refractivity contribution in [2.24, 2.45) is 0 Å². The van der Waals surface area contributed by atoms with E-state index in [2.05, 4.69) is 279 Å². The van der Waals surface area contributed by atoms with E-state index >= 15 is 0 Å². The molecule has 0 saturated carbocycles.